The average molecular weight is 375 g/mol. The van der Waals surface area contributed by atoms with Crippen molar-refractivity contribution < 1.29 is 31.5 Å². The van der Waals surface area contributed by atoms with Crippen LogP contribution in [0.3, 0.4) is 0 Å². The van der Waals surface area contributed by atoms with E-state index >= 15 is 0 Å². The maximum Gasteiger partial charge on any atom is 0.490 e. The molecule has 1 aliphatic heterocycles. The number of alkyl halides is 3. The van der Waals surface area contributed by atoms with Crippen LogP contribution < -0.4 is 10.0 Å². The van der Waals surface area contributed by atoms with Gasteiger partial charge in [0, 0.05) is 17.6 Å². The van der Waals surface area contributed by atoms with Crippen molar-refractivity contribution >= 4 is 27.6 Å². The van der Waals surface area contributed by atoms with Gasteiger partial charge < -0.3 is 10.4 Å². The van der Waals surface area contributed by atoms with Crippen LogP contribution in [0.15, 0.2) is 29.2 Å². The second-order valence-electron chi connectivity index (χ2n) is 4.57. The molecule has 3 N–H and O–H groups in total. The fourth-order valence-corrected chi connectivity index (χ4v) is 3.05. The number of carbonyl (C=O) groups is 1. The number of halogens is 4. The molecule has 1 aromatic carbocycles. The largest absolute Gasteiger partial charge is 0.490 e. The highest BCUT2D eigenvalue weighted by Crippen LogP contribution is 2.15. The van der Waals surface area contributed by atoms with Gasteiger partial charge in [-0.05, 0) is 37.2 Å². The van der Waals surface area contributed by atoms with Gasteiger partial charge in [0.1, 0.15) is 0 Å². The molecule has 6 nitrogen and oxygen atoms in total. The Morgan fingerprint density at radius 2 is 1.83 bits per heavy atom. The lowest BCUT2D eigenvalue weighted by molar-refractivity contribution is -0.192. The smallest absolute Gasteiger partial charge is 0.475 e. The van der Waals surface area contributed by atoms with Crippen LogP contribution in [0.4, 0.5) is 13.2 Å². The molecule has 1 atom stereocenters. The molecule has 11 heteroatoms. The molecular formula is C12H14ClF3N2O4S. The third-order valence-corrected chi connectivity index (χ3v) is 4.54. The number of hydrogen-bond donors (Lipinski definition) is 3. The van der Waals surface area contributed by atoms with Gasteiger partial charge in [0.2, 0.25) is 10.0 Å². The molecule has 0 saturated carbocycles. The number of hydrogen-bond acceptors (Lipinski definition) is 4. The van der Waals surface area contributed by atoms with Gasteiger partial charge in [-0.3, -0.25) is 0 Å². The van der Waals surface area contributed by atoms with E-state index in [4.69, 9.17) is 21.5 Å². The van der Waals surface area contributed by atoms with E-state index in [-0.39, 0.29) is 10.9 Å². The Hall–Kier alpha value is -1.36. The van der Waals surface area contributed by atoms with E-state index < -0.39 is 22.2 Å². The number of rotatable bonds is 3. The van der Waals surface area contributed by atoms with Crippen molar-refractivity contribution in [1.29, 1.82) is 0 Å². The molecule has 0 radical (unpaired) electrons. The van der Waals surface area contributed by atoms with E-state index in [1.807, 2.05) is 0 Å². The number of carboxylic acids is 1. The number of aliphatic carboxylic acids is 1. The minimum absolute atomic E-state index is 0.0133. The summed E-state index contributed by atoms with van der Waals surface area (Å²) in [5.74, 6) is -2.76. The summed E-state index contributed by atoms with van der Waals surface area (Å²) in [6, 6.07) is 6.15. The molecule has 23 heavy (non-hydrogen) atoms. The molecule has 2 rings (SSSR count). The molecular weight excluding hydrogens is 361 g/mol. The van der Waals surface area contributed by atoms with Crippen LogP contribution in [0.25, 0.3) is 0 Å². The summed E-state index contributed by atoms with van der Waals surface area (Å²) >= 11 is 5.71. The Bertz CT molecular complexity index is 629. The van der Waals surface area contributed by atoms with Crippen LogP contribution in [0.2, 0.25) is 5.02 Å². The normalized spacial score (nSPS) is 18.2. The highest BCUT2D eigenvalue weighted by Gasteiger charge is 2.38. The molecule has 0 amide bonds. The first-order valence-electron chi connectivity index (χ1n) is 6.31. The van der Waals surface area contributed by atoms with Gasteiger partial charge in [0.05, 0.1) is 4.90 Å². The zero-order valence-electron chi connectivity index (χ0n) is 11.6. The Morgan fingerprint density at radius 3 is 2.22 bits per heavy atom. The first-order valence-corrected chi connectivity index (χ1v) is 8.17. The van der Waals surface area contributed by atoms with Gasteiger partial charge in [-0.1, -0.05) is 11.6 Å². The van der Waals surface area contributed by atoms with Gasteiger partial charge in [-0.2, -0.15) is 13.2 Å². The molecule has 0 aromatic heterocycles. The summed E-state index contributed by atoms with van der Waals surface area (Å²) in [7, 11) is -3.41. The van der Waals surface area contributed by atoms with Crippen molar-refractivity contribution in [3.05, 3.63) is 29.3 Å². The minimum Gasteiger partial charge on any atom is -0.475 e. The quantitative estimate of drug-likeness (QED) is 0.747. The molecule has 130 valence electrons. The topological polar surface area (TPSA) is 95.5 Å². The van der Waals surface area contributed by atoms with Crippen LogP contribution in [0.5, 0.6) is 0 Å². The first-order chi connectivity index (χ1) is 10.5. The van der Waals surface area contributed by atoms with Gasteiger partial charge in [-0.15, -0.1) is 0 Å². The summed E-state index contributed by atoms with van der Waals surface area (Å²) in [4.78, 5) is 9.15. The maximum absolute atomic E-state index is 11.9. The summed E-state index contributed by atoms with van der Waals surface area (Å²) in [5, 5.41) is 10.8. The zero-order chi connectivity index (χ0) is 17.7. The highest BCUT2D eigenvalue weighted by atomic mass is 35.5. The lowest BCUT2D eigenvalue weighted by Gasteiger charge is -2.11. The number of sulfonamides is 1. The summed E-state index contributed by atoms with van der Waals surface area (Å²) in [5.41, 5.74) is 0. The predicted octanol–water partition coefficient (Wildman–Crippen LogP) is 1.61. The second-order valence-corrected chi connectivity index (χ2v) is 6.72. The Kier molecular flexibility index (Phi) is 6.81. The molecule has 1 unspecified atom stereocenters. The van der Waals surface area contributed by atoms with Crippen LogP contribution in [0, 0.1) is 0 Å². The molecule has 1 saturated heterocycles. The molecule has 1 aliphatic rings. The van der Waals surface area contributed by atoms with Crippen molar-refractivity contribution in [2.45, 2.75) is 23.5 Å². The molecule has 0 spiro atoms. The maximum atomic E-state index is 11.9. The SMILES string of the molecule is O=C(O)C(F)(F)F.O=S(=O)(NC1CCNC1)c1ccc(Cl)cc1. The fourth-order valence-electron chi connectivity index (χ4n) is 1.66. The highest BCUT2D eigenvalue weighted by molar-refractivity contribution is 7.89. The molecule has 1 aromatic rings. The van der Waals surface area contributed by atoms with Gasteiger partial charge in [0.25, 0.3) is 0 Å². The molecule has 0 aliphatic carbocycles. The fraction of sp³-hybridized carbons (Fsp3) is 0.417. The van der Waals surface area contributed by atoms with Gasteiger partial charge >= 0.3 is 12.1 Å². The Morgan fingerprint density at radius 1 is 1.30 bits per heavy atom. The van der Waals surface area contributed by atoms with E-state index in [0.717, 1.165) is 13.0 Å². The number of nitrogens with one attached hydrogen (secondary N) is 2. The average Bonchev–Trinajstić information content (AvgIpc) is 2.91. The van der Waals surface area contributed by atoms with E-state index in [1.54, 1.807) is 12.1 Å². The van der Waals surface area contributed by atoms with Crippen LogP contribution in [-0.4, -0.2) is 44.8 Å². The summed E-state index contributed by atoms with van der Waals surface area (Å²) in [6.07, 6.45) is -4.26. The van der Waals surface area contributed by atoms with Crippen molar-refractivity contribution in [2.75, 3.05) is 13.1 Å². The van der Waals surface area contributed by atoms with Crippen molar-refractivity contribution in [1.82, 2.24) is 10.0 Å². The first kappa shape index (κ1) is 19.7. The van der Waals surface area contributed by atoms with Crippen molar-refractivity contribution in [3.8, 4) is 0 Å². The zero-order valence-corrected chi connectivity index (χ0v) is 13.2. The standard InChI is InChI=1S/C10H13ClN2O2S.C2HF3O2/c11-8-1-3-10(4-2-8)16(14,15)13-9-5-6-12-7-9;3-2(4,5)1(6)7/h1-4,9,12-13H,5-7H2;(H,6,7). The minimum atomic E-state index is -5.08. The Balaban J connectivity index is 0.000000322. The van der Waals surface area contributed by atoms with Crippen LogP contribution >= 0.6 is 11.6 Å². The lowest BCUT2D eigenvalue weighted by atomic mass is 10.3. The third-order valence-electron chi connectivity index (χ3n) is 2.75. The van der Waals surface area contributed by atoms with E-state index in [2.05, 4.69) is 10.0 Å². The van der Waals surface area contributed by atoms with Crippen LogP contribution in [-0.2, 0) is 14.8 Å². The Labute approximate surface area is 135 Å². The van der Waals surface area contributed by atoms with E-state index in [1.165, 1.54) is 12.1 Å². The van der Waals surface area contributed by atoms with Crippen molar-refractivity contribution in [2.24, 2.45) is 0 Å². The second kappa shape index (κ2) is 7.95. The summed E-state index contributed by atoms with van der Waals surface area (Å²) in [6.45, 7) is 1.54. The third kappa shape index (κ3) is 6.73. The number of benzene rings is 1. The van der Waals surface area contributed by atoms with Crippen molar-refractivity contribution in [3.63, 3.8) is 0 Å². The van der Waals surface area contributed by atoms with Gasteiger partial charge in [-0.25, -0.2) is 17.9 Å². The summed E-state index contributed by atoms with van der Waals surface area (Å²) < 4.78 is 58.2. The lowest BCUT2D eigenvalue weighted by Crippen LogP contribution is -2.36. The van der Waals surface area contributed by atoms with Crippen LogP contribution in [0.1, 0.15) is 6.42 Å². The van der Waals surface area contributed by atoms with E-state index in [9.17, 15) is 21.6 Å². The molecule has 1 fully saturated rings. The molecule has 0 bridgehead atoms. The van der Waals surface area contributed by atoms with E-state index in [0.29, 0.717) is 11.6 Å². The number of carboxylic acid groups (broad SMARTS) is 1. The monoisotopic (exact) mass is 374 g/mol. The van der Waals surface area contributed by atoms with Gasteiger partial charge in [0.15, 0.2) is 0 Å². The molecule has 1 heterocycles. The predicted molar refractivity (Wildman–Crippen MR) is 76.7 cm³/mol.